The summed E-state index contributed by atoms with van der Waals surface area (Å²) >= 11 is 0. The Labute approximate surface area is 186 Å². The molecule has 0 atom stereocenters. The molecule has 3 aromatic heterocycles. The molecule has 1 aliphatic carbocycles. The van der Waals surface area contributed by atoms with Gasteiger partial charge in [0.2, 0.25) is 0 Å². The van der Waals surface area contributed by atoms with Gasteiger partial charge in [-0.25, -0.2) is 4.39 Å². The first-order chi connectivity index (χ1) is 15.6. The van der Waals surface area contributed by atoms with Crippen molar-refractivity contribution in [2.24, 2.45) is 0 Å². The predicted octanol–water partition coefficient (Wildman–Crippen LogP) is 5.00. The molecule has 1 aliphatic rings. The second-order valence-corrected chi connectivity index (χ2v) is 8.22. The van der Waals surface area contributed by atoms with Gasteiger partial charge in [-0.1, -0.05) is 12.1 Å². The topological polar surface area (TPSA) is 46.8 Å². The maximum absolute atomic E-state index is 13.6. The first-order valence-corrected chi connectivity index (χ1v) is 10.7. The van der Waals surface area contributed by atoms with Crippen molar-refractivity contribution in [2.45, 2.75) is 13.0 Å². The number of fused-ring (bicyclic) bond motifs is 3. The van der Waals surface area contributed by atoms with E-state index in [0.29, 0.717) is 0 Å². The third-order valence-electron chi connectivity index (χ3n) is 5.62. The second kappa shape index (κ2) is 8.48. The fraction of sp³-hybridized carbons (Fsp3) is 0.192. The number of pyridine rings is 2. The summed E-state index contributed by atoms with van der Waals surface area (Å²) in [5, 5.41) is 4.86. The Morgan fingerprint density at radius 1 is 0.906 bits per heavy atom. The van der Waals surface area contributed by atoms with Gasteiger partial charge < -0.3 is 4.90 Å². The summed E-state index contributed by atoms with van der Waals surface area (Å²) < 4.78 is 15.5. The van der Waals surface area contributed by atoms with E-state index >= 15 is 0 Å². The third-order valence-corrected chi connectivity index (χ3v) is 5.62. The standard InChI is InChI=1S/C26H24FN5/c1-31(2)14-5-15-32-17-19(24(30-32)18-8-10-20(27)11-9-18)16-23-21-6-3-12-28-25(21)26-22(23)7-4-13-29-26/h3-4,6-13,16-17H,5,14-15H2,1-2H3. The number of hydrogen-bond donors (Lipinski definition) is 0. The van der Waals surface area contributed by atoms with E-state index < -0.39 is 0 Å². The number of benzene rings is 1. The smallest absolute Gasteiger partial charge is 0.123 e. The Hall–Kier alpha value is -3.64. The number of aromatic nitrogens is 4. The lowest BCUT2D eigenvalue weighted by molar-refractivity contribution is 0.381. The van der Waals surface area contributed by atoms with E-state index in [-0.39, 0.29) is 5.82 Å². The highest BCUT2D eigenvalue weighted by molar-refractivity contribution is 6.05. The molecule has 0 bridgehead atoms. The summed E-state index contributed by atoms with van der Waals surface area (Å²) in [4.78, 5) is 11.3. The molecule has 0 spiro atoms. The monoisotopic (exact) mass is 425 g/mol. The zero-order chi connectivity index (χ0) is 22.1. The van der Waals surface area contributed by atoms with Gasteiger partial charge >= 0.3 is 0 Å². The summed E-state index contributed by atoms with van der Waals surface area (Å²) in [5.74, 6) is -0.255. The van der Waals surface area contributed by atoms with Crippen molar-refractivity contribution in [3.63, 3.8) is 0 Å². The highest BCUT2D eigenvalue weighted by Gasteiger charge is 2.26. The number of halogens is 1. The first kappa shape index (κ1) is 20.3. The lowest BCUT2D eigenvalue weighted by atomic mass is 10.0. The summed E-state index contributed by atoms with van der Waals surface area (Å²) in [7, 11) is 4.14. The zero-order valence-electron chi connectivity index (χ0n) is 18.2. The van der Waals surface area contributed by atoms with Gasteiger partial charge in [-0.3, -0.25) is 14.6 Å². The van der Waals surface area contributed by atoms with Gasteiger partial charge in [0.15, 0.2) is 0 Å². The van der Waals surface area contributed by atoms with Crippen LogP contribution in [0.1, 0.15) is 23.1 Å². The number of rotatable bonds is 6. The van der Waals surface area contributed by atoms with Crippen LogP contribution in [-0.4, -0.2) is 45.3 Å². The van der Waals surface area contributed by atoms with Crippen LogP contribution in [0.15, 0.2) is 67.1 Å². The molecule has 0 radical (unpaired) electrons. The molecule has 3 heterocycles. The minimum absolute atomic E-state index is 0.255. The molecule has 160 valence electrons. The fourth-order valence-electron chi connectivity index (χ4n) is 4.12. The lowest BCUT2D eigenvalue weighted by Crippen LogP contribution is -2.15. The van der Waals surface area contributed by atoms with Crippen molar-refractivity contribution < 1.29 is 4.39 Å². The van der Waals surface area contributed by atoms with Crippen molar-refractivity contribution in [1.82, 2.24) is 24.6 Å². The molecule has 0 unspecified atom stereocenters. The molecular formula is C26H24FN5. The number of nitrogens with zero attached hydrogens (tertiary/aromatic N) is 5. The molecule has 0 saturated carbocycles. The van der Waals surface area contributed by atoms with Crippen LogP contribution in [-0.2, 0) is 6.54 Å². The highest BCUT2D eigenvalue weighted by atomic mass is 19.1. The summed E-state index contributed by atoms with van der Waals surface area (Å²) in [6.45, 7) is 1.80. The van der Waals surface area contributed by atoms with Crippen LogP contribution >= 0.6 is 0 Å². The van der Waals surface area contributed by atoms with Crippen LogP contribution in [0.3, 0.4) is 0 Å². The molecule has 32 heavy (non-hydrogen) atoms. The summed E-state index contributed by atoms with van der Waals surface area (Å²) in [6.07, 6.45) is 8.82. The largest absolute Gasteiger partial charge is 0.309 e. The highest BCUT2D eigenvalue weighted by Crippen LogP contribution is 2.43. The molecular weight excluding hydrogens is 401 g/mol. The van der Waals surface area contributed by atoms with Crippen LogP contribution in [0.25, 0.3) is 34.3 Å². The van der Waals surface area contributed by atoms with Crippen LogP contribution < -0.4 is 0 Å². The zero-order valence-corrected chi connectivity index (χ0v) is 18.2. The molecule has 0 aliphatic heterocycles. The van der Waals surface area contributed by atoms with E-state index in [9.17, 15) is 4.39 Å². The Morgan fingerprint density at radius 2 is 1.56 bits per heavy atom. The van der Waals surface area contributed by atoms with Gasteiger partial charge in [-0.05, 0) is 75.1 Å². The van der Waals surface area contributed by atoms with Crippen molar-refractivity contribution in [3.05, 3.63) is 89.6 Å². The maximum Gasteiger partial charge on any atom is 0.123 e. The molecule has 0 N–H and O–H groups in total. The predicted molar refractivity (Wildman–Crippen MR) is 125 cm³/mol. The molecule has 5 nitrogen and oxygen atoms in total. The molecule has 0 saturated heterocycles. The van der Waals surface area contributed by atoms with E-state index in [1.54, 1.807) is 24.5 Å². The Bertz CT molecular complexity index is 1240. The summed E-state index contributed by atoms with van der Waals surface area (Å²) in [6, 6.07) is 14.6. The lowest BCUT2D eigenvalue weighted by Gasteiger charge is -2.08. The van der Waals surface area contributed by atoms with Gasteiger partial charge in [0.1, 0.15) is 5.82 Å². The van der Waals surface area contributed by atoms with Crippen molar-refractivity contribution in [2.75, 3.05) is 20.6 Å². The van der Waals surface area contributed by atoms with Gasteiger partial charge in [0, 0.05) is 47.4 Å². The normalized spacial score (nSPS) is 12.2. The number of aryl methyl sites for hydroxylation is 1. The van der Waals surface area contributed by atoms with E-state index in [0.717, 1.165) is 64.4 Å². The average Bonchev–Trinajstić information content (AvgIpc) is 3.34. The van der Waals surface area contributed by atoms with Crippen molar-refractivity contribution in [1.29, 1.82) is 0 Å². The Kier molecular flexibility index (Phi) is 5.37. The third kappa shape index (κ3) is 3.85. The Balaban J connectivity index is 1.61. The van der Waals surface area contributed by atoms with Gasteiger partial charge in [0.25, 0.3) is 0 Å². The Morgan fingerprint density at radius 3 is 2.19 bits per heavy atom. The van der Waals surface area contributed by atoms with E-state index in [1.807, 2.05) is 16.8 Å². The quantitative estimate of drug-likeness (QED) is 0.384. The summed E-state index contributed by atoms with van der Waals surface area (Å²) in [5.41, 5.74) is 7.71. The molecule has 0 fully saturated rings. The average molecular weight is 426 g/mol. The molecule has 1 aromatic carbocycles. The minimum Gasteiger partial charge on any atom is -0.309 e. The van der Waals surface area contributed by atoms with Crippen LogP contribution in [0, 0.1) is 5.82 Å². The van der Waals surface area contributed by atoms with E-state index in [4.69, 9.17) is 5.10 Å². The number of hydrogen-bond acceptors (Lipinski definition) is 4. The second-order valence-electron chi connectivity index (χ2n) is 8.22. The fourth-order valence-corrected chi connectivity index (χ4v) is 4.12. The van der Waals surface area contributed by atoms with Crippen LogP contribution in [0.5, 0.6) is 0 Å². The molecule has 0 amide bonds. The molecule has 6 heteroatoms. The van der Waals surface area contributed by atoms with Crippen molar-refractivity contribution >= 4 is 11.6 Å². The molecule has 4 aromatic rings. The van der Waals surface area contributed by atoms with Gasteiger partial charge in [-0.15, -0.1) is 0 Å². The molecule has 5 rings (SSSR count). The van der Waals surface area contributed by atoms with Crippen molar-refractivity contribution in [3.8, 4) is 22.6 Å². The van der Waals surface area contributed by atoms with Crippen LogP contribution in [0.2, 0.25) is 0 Å². The van der Waals surface area contributed by atoms with Crippen LogP contribution in [0.4, 0.5) is 4.39 Å². The minimum atomic E-state index is -0.255. The first-order valence-electron chi connectivity index (χ1n) is 10.7. The maximum atomic E-state index is 13.6. The SMILES string of the molecule is CN(C)CCCn1cc(C=C2c3cccnc3-c3ncccc32)c(-c2ccc(F)cc2)n1. The van der Waals surface area contributed by atoms with Gasteiger partial charge in [0.05, 0.1) is 17.1 Å². The van der Waals surface area contributed by atoms with E-state index in [1.165, 1.54) is 12.1 Å². The van der Waals surface area contributed by atoms with E-state index in [2.05, 4.69) is 53.4 Å². The van der Waals surface area contributed by atoms with Gasteiger partial charge in [-0.2, -0.15) is 5.10 Å².